The van der Waals surface area contributed by atoms with Gasteiger partial charge >= 0.3 is 0 Å². The lowest BCUT2D eigenvalue weighted by atomic mass is 10.1. The van der Waals surface area contributed by atoms with Gasteiger partial charge < -0.3 is 16.0 Å². The third-order valence-electron chi connectivity index (χ3n) is 3.76. The molecule has 2 aromatic carbocycles. The number of benzene rings is 2. The van der Waals surface area contributed by atoms with Crippen molar-refractivity contribution in [1.82, 2.24) is 5.32 Å². The molecule has 3 N–H and O–H groups in total. The van der Waals surface area contributed by atoms with Crippen molar-refractivity contribution in [2.45, 2.75) is 25.8 Å². The van der Waals surface area contributed by atoms with E-state index in [1.807, 2.05) is 0 Å². The highest BCUT2D eigenvalue weighted by molar-refractivity contribution is 6.05. The van der Waals surface area contributed by atoms with Crippen molar-refractivity contribution < 1.29 is 14.4 Å². The van der Waals surface area contributed by atoms with Gasteiger partial charge in [-0.3, -0.25) is 14.4 Å². The Morgan fingerprint density at radius 3 is 1.96 bits per heavy atom. The van der Waals surface area contributed by atoms with E-state index in [2.05, 4.69) is 16.0 Å². The number of amides is 3. The number of rotatable bonds is 5. The van der Waals surface area contributed by atoms with Gasteiger partial charge in [-0.1, -0.05) is 6.07 Å². The summed E-state index contributed by atoms with van der Waals surface area (Å²) in [5.41, 5.74) is 2.17. The summed E-state index contributed by atoms with van der Waals surface area (Å²) in [6.45, 7) is 1.42. The highest BCUT2D eigenvalue weighted by atomic mass is 16.2. The second-order valence-corrected chi connectivity index (χ2v) is 6.04. The molecule has 3 amide bonds. The molecule has 0 unspecified atom stereocenters. The Morgan fingerprint density at radius 1 is 0.840 bits per heavy atom. The predicted molar refractivity (Wildman–Crippen MR) is 95.6 cm³/mol. The van der Waals surface area contributed by atoms with E-state index in [4.69, 9.17) is 0 Å². The minimum Gasteiger partial charge on any atom is -0.349 e. The maximum Gasteiger partial charge on any atom is 0.255 e. The van der Waals surface area contributed by atoms with Crippen LogP contribution in [-0.2, 0) is 4.79 Å². The SMILES string of the molecule is CC(=O)Nc1cccc(NC(=O)c2ccc(C(=O)NC3CC3)cc2)c1. The molecule has 0 aliphatic heterocycles. The molecule has 0 spiro atoms. The Bertz CT molecular complexity index is 811. The Morgan fingerprint density at radius 2 is 1.40 bits per heavy atom. The first-order chi connectivity index (χ1) is 12.0. The number of carbonyl (C=O) groups is 3. The van der Waals surface area contributed by atoms with Gasteiger partial charge in [0.2, 0.25) is 5.91 Å². The zero-order valence-corrected chi connectivity index (χ0v) is 13.8. The lowest BCUT2D eigenvalue weighted by Crippen LogP contribution is -2.25. The standard InChI is InChI=1S/C19H19N3O3/c1-12(23)20-16-3-2-4-17(11-16)22-19(25)14-7-5-13(6-8-14)18(24)21-15-9-10-15/h2-8,11,15H,9-10H2,1H3,(H,20,23)(H,21,24)(H,22,25). The number of hydrogen-bond acceptors (Lipinski definition) is 3. The van der Waals surface area contributed by atoms with Crippen molar-refractivity contribution in [2.24, 2.45) is 0 Å². The molecule has 0 bridgehead atoms. The Labute approximate surface area is 145 Å². The fourth-order valence-corrected chi connectivity index (χ4v) is 2.35. The van der Waals surface area contributed by atoms with Crippen LogP contribution in [0.5, 0.6) is 0 Å². The van der Waals surface area contributed by atoms with E-state index >= 15 is 0 Å². The maximum atomic E-state index is 12.3. The molecule has 128 valence electrons. The van der Waals surface area contributed by atoms with Crippen molar-refractivity contribution in [3.8, 4) is 0 Å². The van der Waals surface area contributed by atoms with E-state index in [9.17, 15) is 14.4 Å². The number of carbonyl (C=O) groups excluding carboxylic acids is 3. The van der Waals surface area contributed by atoms with Crippen LogP contribution in [0, 0.1) is 0 Å². The van der Waals surface area contributed by atoms with Gasteiger partial charge in [-0.25, -0.2) is 0 Å². The third kappa shape index (κ3) is 4.67. The quantitative estimate of drug-likeness (QED) is 0.784. The predicted octanol–water partition coefficient (Wildman–Crippen LogP) is 2.79. The largest absolute Gasteiger partial charge is 0.349 e. The van der Waals surface area contributed by atoms with Gasteiger partial charge in [-0.15, -0.1) is 0 Å². The summed E-state index contributed by atoms with van der Waals surface area (Å²) >= 11 is 0. The van der Waals surface area contributed by atoms with Gasteiger partial charge in [0.1, 0.15) is 0 Å². The molecule has 0 atom stereocenters. The molecular weight excluding hydrogens is 318 g/mol. The molecule has 25 heavy (non-hydrogen) atoms. The molecule has 6 nitrogen and oxygen atoms in total. The van der Waals surface area contributed by atoms with Gasteiger partial charge in [0, 0.05) is 35.5 Å². The highest BCUT2D eigenvalue weighted by Crippen LogP contribution is 2.20. The molecule has 2 aromatic rings. The molecule has 3 rings (SSSR count). The van der Waals surface area contributed by atoms with E-state index < -0.39 is 0 Å². The summed E-state index contributed by atoms with van der Waals surface area (Å²) in [6.07, 6.45) is 2.06. The average Bonchev–Trinajstić information content (AvgIpc) is 3.38. The topological polar surface area (TPSA) is 87.3 Å². The van der Waals surface area contributed by atoms with Crippen molar-refractivity contribution in [3.05, 3.63) is 59.7 Å². The fraction of sp³-hybridized carbons (Fsp3) is 0.211. The molecular formula is C19H19N3O3. The monoisotopic (exact) mass is 337 g/mol. The molecule has 1 saturated carbocycles. The second-order valence-electron chi connectivity index (χ2n) is 6.04. The highest BCUT2D eigenvalue weighted by Gasteiger charge is 2.23. The van der Waals surface area contributed by atoms with Crippen LogP contribution in [0.25, 0.3) is 0 Å². The summed E-state index contributed by atoms with van der Waals surface area (Å²) in [5, 5.41) is 8.34. The maximum absolute atomic E-state index is 12.3. The summed E-state index contributed by atoms with van der Waals surface area (Å²) in [7, 11) is 0. The summed E-state index contributed by atoms with van der Waals surface area (Å²) in [5.74, 6) is -0.574. The van der Waals surface area contributed by atoms with Gasteiger partial charge in [-0.2, -0.15) is 0 Å². The smallest absolute Gasteiger partial charge is 0.255 e. The Hall–Kier alpha value is -3.15. The number of anilines is 2. The summed E-state index contributed by atoms with van der Waals surface area (Å²) < 4.78 is 0. The molecule has 0 radical (unpaired) electrons. The first-order valence-corrected chi connectivity index (χ1v) is 8.11. The molecule has 6 heteroatoms. The van der Waals surface area contributed by atoms with Gasteiger partial charge in [0.05, 0.1) is 0 Å². The van der Waals surface area contributed by atoms with Crippen LogP contribution < -0.4 is 16.0 Å². The first kappa shape index (κ1) is 16.7. The van der Waals surface area contributed by atoms with E-state index in [0.717, 1.165) is 12.8 Å². The first-order valence-electron chi connectivity index (χ1n) is 8.11. The normalized spacial score (nSPS) is 13.0. The second kappa shape index (κ2) is 7.17. The van der Waals surface area contributed by atoms with Gasteiger partial charge in [-0.05, 0) is 55.3 Å². The third-order valence-corrected chi connectivity index (χ3v) is 3.76. The van der Waals surface area contributed by atoms with Crippen LogP contribution in [-0.4, -0.2) is 23.8 Å². The summed E-state index contributed by atoms with van der Waals surface area (Å²) in [4.78, 5) is 35.4. The lowest BCUT2D eigenvalue weighted by Gasteiger charge is -2.08. The van der Waals surface area contributed by atoms with Crippen LogP contribution in [0.1, 0.15) is 40.5 Å². The number of hydrogen-bond donors (Lipinski definition) is 3. The van der Waals surface area contributed by atoms with Gasteiger partial charge in [0.15, 0.2) is 0 Å². The summed E-state index contributed by atoms with van der Waals surface area (Å²) in [6, 6.07) is 13.7. The molecule has 0 heterocycles. The van der Waals surface area contributed by atoms with Crippen LogP contribution in [0.15, 0.2) is 48.5 Å². The van der Waals surface area contributed by atoms with Crippen molar-refractivity contribution in [1.29, 1.82) is 0 Å². The van der Waals surface area contributed by atoms with Crippen LogP contribution >= 0.6 is 0 Å². The van der Waals surface area contributed by atoms with E-state index in [0.29, 0.717) is 28.5 Å². The van der Waals surface area contributed by atoms with Crippen molar-refractivity contribution in [3.63, 3.8) is 0 Å². The minimum atomic E-state index is -0.283. The molecule has 1 aliphatic rings. The zero-order chi connectivity index (χ0) is 17.8. The van der Waals surface area contributed by atoms with Crippen LogP contribution in [0.2, 0.25) is 0 Å². The Balaban J connectivity index is 1.64. The van der Waals surface area contributed by atoms with Crippen molar-refractivity contribution >= 4 is 29.1 Å². The van der Waals surface area contributed by atoms with E-state index in [1.54, 1.807) is 48.5 Å². The van der Waals surface area contributed by atoms with Crippen molar-refractivity contribution in [2.75, 3.05) is 10.6 Å². The Kier molecular flexibility index (Phi) is 4.79. The lowest BCUT2D eigenvalue weighted by molar-refractivity contribution is -0.114. The molecule has 0 aromatic heterocycles. The van der Waals surface area contributed by atoms with E-state index in [-0.39, 0.29) is 17.7 Å². The molecule has 1 aliphatic carbocycles. The number of nitrogens with one attached hydrogen (secondary N) is 3. The zero-order valence-electron chi connectivity index (χ0n) is 13.8. The van der Waals surface area contributed by atoms with Crippen LogP contribution in [0.4, 0.5) is 11.4 Å². The minimum absolute atomic E-state index is 0.113. The average molecular weight is 337 g/mol. The molecule has 0 saturated heterocycles. The van der Waals surface area contributed by atoms with Gasteiger partial charge in [0.25, 0.3) is 11.8 Å². The van der Waals surface area contributed by atoms with Crippen LogP contribution in [0.3, 0.4) is 0 Å². The molecule has 1 fully saturated rings. The fourth-order valence-electron chi connectivity index (χ4n) is 2.35. The van der Waals surface area contributed by atoms with E-state index in [1.165, 1.54) is 6.92 Å².